The number of nitrogens with one attached hydrogen (secondary N) is 1. The van der Waals surface area contributed by atoms with Crippen LogP contribution in [0.3, 0.4) is 0 Å². The Morgan fingerprint density at radius 3 is 2.85 bits per heavy atom. The van der Waals surface area contributed by atoms with Gasteiger partial charge in [0.05, 0.1) is 11.6 Å². The second-order valence-electron chi connectivity index (χ2n) is 6.81. The van der Waals surface area contributed by atoms with E-state index in [1.165, 1.54) is 17.0 Å². The Hall–Kier alpha value is -1.10. The maximum absolute atomic E-state index is 10.8. The van der Waals surface area contributed by atoms with Crippen molar-refractivity contribution < 1.29 is 9.90 Å². The molecular weight excluding hydrogens is 272 g/mol. The van der Waals surface area contributed by atoms with E-state index >= 15 is 0 Å². The van der Waals surface area contributed by atoms with Crippen molar-refractivity contribution >= 4 is 22.4 Å². The van der Waals surface area contributed by atoms with Gasteiger partial charge < -0.3 is 10.4 Å². The highest BCUT2D eigenvalue weighted by Crippen LogP contribution is 2.40. The summed E-state index contributed by atoms with van der Waals surface area (Å²) in [7, 11) is 0. The van der Waals surface area contributed by atoms with Crippen molar-refractivity contribution in [2.45, 2.75) is 47.0 Å². The Labute approximate surface area is 124 Å². The van der Waals surface area contributed by atoms with Crippen LogP contribution in [0.1, 0.15) is 44.7 Å². The third kappa shape index (κ3) is 3.51. The smallest absolute Gasteiger partial charge is 0.308 e. The van der Waals surface area contributed by atoms with Crippen LogP contribution < -0.4 is 5.32 Å². The molecule has 1 heterocycles. The zero-order valence-electron chi connectivity index (χ0n) is 12.7. The lowest BCUT2D eigenvalue weighted by Crippen LogP contribution is -2.26. The fourth-order valence-electron chi connectivity index (χ4n) is 2.52. The molecule has 1 aromatic rings. The summed E-state index contributed by atoms with van der Waals surface area (Å²) >= 11 is 1.69. The Bertz CT molecular complexity index is 491. The van der Waals surface area contributed by atoms with Crippen molar-refractivity contribution in [3.05, 3.63) is 10.6 Å². The maximum atomic E-state index is 10.8. The van der Waals surface area contributed by atoms with E-state index in [2.05, 4.69) is 31.1 Å². The summed E-state index contributed by atoms with van der Waals surface area (Å²) in [4.78, 5) is 16.8. The van der Waals surface area contributed by atoms with Crippen LogP contribution in [-0.2, 0) is 17.6 Å². The summed E-state index contributed by atoms with van der Waals surface area (Å²) in [6, 6.07) is 0. The molecule has 1 aliphatic rings. The number of nitrogens with zero attached hydrogens (tertiary/aromatic N) is 1. The molecule has 2 atom stereocenters. The van der Waals surface area contributed by atoms with Crippen LogP contribution in [0.4, 0.5) is 5.13 Å². The number of aromatic nitrogens is 1. The number of hydrogen-bond acceptors (Lipinski definition) is 4. The molecule has 2 rings (SSSR count). The molecule has 0 fully saturated rings. The van der Waals surface area contributed by atoms with Gasteiger partial charge in [-0.1, -0.05) is 27.7 Å². The summed E-state index contributed by atoms with van der Waals surface area (Å²) in [6.07, 6.45) is 3.35. The van der Waals surface area contributed by atoms with E-state index in [0.29, 0.717) is 17.9 Å². The van der Waals surface area contributed by atoms with E-state index in [-0.39, 0.29) is 0 Å². The molecular formula is C15H24N2O2S. The molecule has 0 amide bonds. The fourth-order valence-corrected chi connectivity index (χ4v) is 3.61. The molecule has 2 unspecified atom stereocenters. The summed E-state index contributed by atoms with van der Waals surface area (Å²) < 4.78 is 0. The molecule has 1 aromatic heterocycles. The van der Waals surface area contributed by atoms with E-state index in [4.69, 9.17) is 5.11 Å². The predicted molar refractivity (Wildman–Crippen MR) is 82.4 cm³/mol. The summed E-state index contributed by atoms with van der Waals surface area (Å²) in [5, 5.41) is 12.9. The van der Waals surface area contributed by atoms with Crippen LogP contribution in [0.25, 0.3) is 0 Å². The van der Waals surface area contributed by atoms with Crippen molar-refractivity contribution in [2.75, 3.05) is 11.9 Å². The maximum Gasteiger partial charge on any atom is 0.308 e. The van der Waals surface area contributed by atoms with Gasteiger partial charge in [-0.3, -0.25) is 4.79 Å². The molecule has 4 nitrogen and oxygen atoms in total. The van der Waals surface area contributed by atoms with Gasteiger partial charge in [0.1, 0.15) is 0 Å². The van der Waals surface area contributed by atoms with Crippen LogP contribution in [0, 0.1) is 17.3 Å². The monoisotopic (exact) mass is 296 g/mol. The number of hydrogen-bond donors (Lipinski definition) is 2. The van der Waals surface area contributed by atoms with E-state index in [9.17, 15) is 4.79 Å². The number of anilines is 1. The minimum absolute atomic E-state index is 0.340. The van der Waals surface area contributed by atoms with Crippen LogP contribution in [-0.4, -0.2) is 22.6 Å². The molecule has 0 spiro atoms. The first kappa shape index (κ1) is 15.3. The molecule has 1 aliphatic carbocycles. The SMILES string of the molecule is CC(CNc1nc2c(s1)CC(C(C)(C)C)CC2)C(=O)O. The van der Waals surface area contributed by atoms with Crippen molar-refractivity contribution in [1.29, 1.82) is 0 Å². The first-order valence-electron chi connectivity index (χ1n) is 7.22. The number of aryl methyl sites for hydroxylation is 1. The van der Waals surface area contributed by atoms with E-state index in [0.717, 1.165) is 18.0 Å². The number of rotatable bonds is 4. The number of carboxylic acid groups (broad SMARTS) is 1. The summed E-state index contributed by atoms with van der Waals surface area (Å²) in [5.74, 6) is -0.453. The van der Waals surface area contributed by atoms with E-state index in [1.807, 2.05) is 0 Å². The topological polar surface area (TPSA) is 62.2 Å². The third-order valence-corrected chi connectivity index (χ3v) is 5.22. The highest BCUT2D eigenvalue weighted by molar-refractivity contribution is 7.15. The molecule has 0 aliphatic heterocycles. The highest BCUT2D eigenvalue weighted by atomic mass is 32.1. The van der Waals surface area contributed by atoms with Crippen LogP contribution in [0.5, 0.6) is 0 Å². The second kappa shape index (κ2) is 5.72. The van der Waals surface area contributed by atoms with Crippen LogP contribution in [0.2, 0.25) is 0 Å². The Morgan fingerprint density at radius 1 is 1.55 bits per heavy atom. The second-order valence-corrected chi connectivity index (χ2v) is 7.90. The predicted octanol–water partition coefficient (Wildman–Crippen LogP) is 3.43. The Kier molecular flexibility index (Phi) is 4.37. The molecule has 0 saturated heterocycles. The zero-order valence-corrected chi connectivity index (χ0v) is 13.5. The summed E-state index contributed by atoms with van der Waals surface area (Å²) in [5.41, 5.74) is 1.55. The molecule has 0 radical (unpaired) electrons. The average molecular weight is 296 g/mol. The number of aliphatic carboxylic acids is 1. The zero-order chi connectivity index (χ0) is 14.9. The van der Waals surface area contributed by atoms with Crippen molar-refractivity contribution in [3.8, 4) is 0 Å². The van der Waals surface area contributed by atoms with Gasteiger partial charge in [-0.2, -0.15) is 0 Å². The number of thiazole rings is 1. The van der Waals surface area contributed by atoms with Crippen molar-refractivity contribution in [1.82, 2.24) is 4.98 Å². The average Bonchev–Trinajstić information content (AvgIpc) is 2.76. The van der Waals surface area contributed by atoms with E-state index < -0.39 is 11.9 Å². The molecule has 0 bridgehead atoms. The standard InChI is InChI=1S/C15H24N2O2S/c1-9(13(18)19)8-16-14-17-11-6-5-10(15(2,3)4)7-12(11)20-14/h9-10H,5-8H2,1-4H3,(H,16,17)(H,18,19). The first-order valence-corrected chi connectivity index (χ1v) is 8.04. The lowest BCUT2D eigenvalue weighted by Gasteiger charge is -2.33. The molecule has 5 heteroatoms. The van der Waals surface area contributed by atoms with Gasteiger partial charge in [0, 0.05) is 11.4 Å². The lowest BCUT2D eigenvalue weighted by atomic mass is 9.73. The van der Waals surface area contributed by atoms with Gasteiger partial charge in [0.25, 0.3) is 0 Å². The lowest BCUT2D eigenvalue weighted by molar-refractivity contribution is -0.140. The fraction of sp³-hybridized carbons (Fsp3) is 0.733. The number of fused-ring (bicyclic) bond motifs is 1. The van der Waals surface area contributed by atoms with Gasteiger partial charge in [0.2, 0.25) is 0 Å². The van der Waals surface area contributed by atoms with E-state index in [1.54, 1.807) is 18.3 Å². The number of carbonyl (C=O) groups is 1. The third-order valence-electron chi connectivity index (χ3n) is 4.15. The molecule has 112 valence electrons. The largest absolute Gasteiger partial charge is 0.481 e. The normalized spacial score (nSPS) is 20.3. The number of carboxylic acids is 1. The molecule has 0 aromatic carbocycles. The molecule has 2 N–H and O–H groups in total. The van der Waals surface area contributed by atoms with Gasteiger partial charge in [-0.25, -0.2) is 4.98 Å². The Morgan fingerprint density at radius 2 is 2.25 bits per heavy atom. The van der Waals surface area contributed by atoms with Crippen LogP contribution >= 0.6 is 11.3 Å². The Balaban J connectivity index is 2.00. The van der Waals surface area contributed by atoms with Gasteiger partial charge in [-0.05, 0) is 30.6 Å². The molecule has 0 saturated carbocycles. The van der Waals surface area contributed by atoms with Crippen molar-refractivity contribution in [2.24, 2.45) is 17.3 Å². The molecule has 20 heavy (non-hydrogen) atoms. The minimum atomic E-state index is -0.772. The van der Waals surface area contributed by atoms with Crippen LogP contribution in [0.15, 0.2) is 0 Å². The van der Waals surface area contributed by atoms with Gasteiger partial charge >= 0.3 is 5.97 Å². The summed E-state index contributed by atoms with van der Waals surface area (Å²) in [6.45, 7) is 9.05. The minimum Gasteiger partial charge on any atom is -0.481 e. The van der Waals surface area contributed by atoms with Crippen molar-refractivity contribution in [3.63, 3.8) is 0 Å². The van der Waals surface area contributed by atoms with Gasteiger partial charge in [0.15, 0.2) is 5.13 Å². The quantitative estimate of drug-likeness (QED) is 0.893. The van der Waals surface area contributed by atoms with Gasteiger partial charge in [-0.15, -0.1) is 11.3 Å². The first-order chi connectivity index (χ1) is 9.27. The highest BCUT2D eigenvalue weighted by Gasteiger charge is 2.30.